The third kappa shape index (κ3) is 3.10. The second kappa shape index (κ2) is 5.52. The lowest BCUT2D eigenvalue weighted by atomic mass is 10.1. The smallest absolute Gasteiger partial charge is 0.255 e. The highest BCUT2D eigenvalue weighted by Crippen LogP contribution is 2.15. The van der Waals surface area contributed by atoms with Gasteiger partial charge in [0.1, 0.15) is 0 Å². The number of amides is 1. The van der Waals surface area contributed by atoms with Gasteiger partial charge in [0.15, 0.2) is 0 Å². The Morgan fingerprint density at radius 3 is 2.28 bits per heavy atom. The average Bonchev–Trinajstić information content (AvgIpc) is 2.34. The fourth-order valence-corrected chi connectivity index (χ4v) is 1.98. The SMILES string of the molecule is Cc1ccc(NC(=O)c2ccc(I)cc2)cc1C. The summed E-state index contributed by atoms with van der Waals surface area (Å²) in [4.78, 5) is 12.0. The van der Waals surface area contributed by atoms with E-state index in [-0.39, 0.29) is 5.91 Å². The van der Waals surface area contributed by atoms with Crippen LogP contribution in [0.3, 0.4) is 0 Å². The topological polar surface area (TPSA) is 29.1 Å². The first-order valence-corrected chi connectivity index (χ1v) is 6.78. The van der Waals surface area contributed by atoms with Crippen LogP contribution in [0.4, 0.5) is 5.69 Å². The van der Waals surface area contributed by atoms with Crippen molar-refractivity contribution in [3.8, 4) is 0 Å². The minimum atomic E-state index is -0.0744. The summed E-state index contributed by atoms with van der Waals surface area (Å²) in [5, 5.41) is 2.90. The molecule has 0 fully saturated rings. The first-order valence-electron chi connectivity index (χ1n) is 5.70. The van der Waals surface area contributed by atoms with Crippen LogP contribution in [0.1, 0.15) is 21.5 Å². The van der Waals surface area contributed by atoms with Crippen molar-refractivity contribution in [2.75, 3.05) is 5.32 Å². The summed E-state index contributed by atoms with van der Waals surface area (Å²) in [6.07, 6.45) is 0. The Hall–Kier alpha value is -1.36. The maximum atomic E-state index is 12.0. The molecule has 0 aliphatic rings. The molecule has 0 bridgehead atoms. The summed E-state index contributed by atoms with van der Waals surface area (Å²) in [6.45, 7) is 4.09. The maximum absolute atomic E-state index is 12.0. The van der Waals surface area contributed by atoms with Crippen molar-refractivity contribution in [1.82, 2.24) is 0 Å². The van der Waals surface area contributed by atoms with E-state index in [9.17, 15) is 4.79 Å². The van der Waals surface area contributed by atoms with Gasteiger partial charge < -0.3 is 5.32 Å². The van der Waals surface area contributed by atoms with Crippen LogP contribution in [0, 0.1) is 17.4 Å². The molecule has 0 aliphatic heterocycles. The van der Waals surface area contributed by atoms with Crippen molar-refractivity contribution in [2.45, 2.75) is 13.8 Å². The molecule has 0 heterocycles. The summed E-state index contributed by atoms with van der Waals surface area (Å²) in [5.74, 6) is -0.0744. The van der Waals surface area contributed by atoms with Gasteiger partial charge in [-0.1, -0.05) is 6.07 Å². The fourth-order valence-electron chi connectivity index (χ4n) is 1.62. The van der Waals surface area contributed by atoms with Crippen LogP contribution in [0.2, 0.25) is 0 Å². The van der Waals surface area contributed by atoms with E-state index in [1.807, 2.05) is 49.4 Å². The number of halogens is 1. The highest BCUT2D eigenvalue weighted by atomic mass is 127. The fraction of sp³-hybridized carbons (Fsp3) is 0.133. The average molecular weight is 351 g/mol. The van der Waals surface area contributed by atoms with Crippen LogP contribution < -0.4 is 5.32 Å². The number of carbonyl (C=O) groups excluding carboxylic acids is 1. The summed E-state index contributed by atoms with van der Waals surface area (Å²) in [7, 11) is 0. The Bertz CT molecular complexity index is 576. The van der Waals surface area contributed by atoms with Gasteiger partial charge in [-0.05, 0) is 84.0 Å². The first kappa shape index (κ1) is 13.1. The van der Waals surface area contributed by atoms with Gasteiger partial charge in [-0.2, -0.15) is 0 Å². The zero-order valence-electron chi connectivity index (χ0n) is 10.3. The van der Waals surface area contributed by atoms with Gasteiger partial charge in [-0.3, -0.25) is 4.79 Å². The zero-order valence-corrected chi connectivity index (χ0v) is 12.5. The molecule has 2 rings (SSSR count). The lowest BCUT2D eigenvalue weighted by Gasteiger charge is -2.07. The van der Waals surface area contributed by atoms with E-state index < -0.39 is 0 Å². The molecule has 0 aliphatic carbocycles. The Balaban J connectivity index is 2.16. The highest BCUT2D eigenvalue weighted by Gasteiger charge is 2.06. The van der Waals surface area contributed by atoms with Crippen LogP contribution in [0.5, 0.6) is 0 Å². The van der Waals surface area contributed by atoms with Crippen LogP contribution in [-0.2, 0) is 0 Å². The van der Waals surface area contributed by atoms with E-state index in [0.29, 0.717) is 5.56 Å². The Kier molecular flexibility index (Phi) is 4.01. The number of hydrogen-bond donors (Lipinski definition) is 1. The zero-order chi connectivity index (χ0) is 13.1. The van der Waals surface area contributed by atoms with Crippen molar-refractivity contribution in [2.24, 2.45) is 0 Å². The second-order valence-electron chi connectivity index (χ2n) is 4.26. The van der Waals surface area contributed by atoms with Crippen molar-refractivity contribution in [3.05, 3.63) is 62.7 Å². The number of rotatable bonds is 2. The Labute approximate surface area is 121 Å². The number of benzene rings is 2. The molecule has 0 saturated heterocycles. The number of aryl methyl sites for hydroxylation is 2. The number of nitrogens with one attached hydrogen (secondary N) is 1. The third-order valence-corrected chi connectivity index (χ3v) is 3.59. The molecular weight excluding hydrogens is 337 g/mol. The van der Waals surface area contributed by atoms with Crippen LogP contribution >= 0.6 is 22.6 Å². The minimum absolute atomic E-state index is 0.0744. The monoisotopic (exact) mass is 351 g/mol. The Morgan fingerprint density at radius 1 is 1.00 bits per heavy atom. The van der Waals surface area contributed by atoms with Gasteiger partial charge in [-0.15, -0.1) is 0 Å². The number of carbonyl (C=O) groups is 1. The molecule has 0 unspecified atom stereocenters. The van der Waals surface area contributed by atoms with Crippen molar-refractivity contribution in [1.29, 1.82) is 0 Å². The largest absolute Gasteiger partial charge is 0.322 e. The molecule has 2 aromatic rings. The summed E-state index contributed by atoms with van der Waals surface area (Å²) >= 11 is 2.22. The molecule has 1 amide bonds. The molecular formula is C15H14INO. The van der Waals surface area contributed by atoms with E-state index in [1.165, 1.54) is 11.1 Å². The van der Waals surface area contributed by atoms with E-state index >= 15 is 0 Å². The van der Waals surface area contributed by atoms with Gasteiger partial charge >= 0.3 is 0 Å². The van der Waals surface area contributed by atoms with E-state index in [2.05, 4.69) is 34.8 Å². The highest BCUT2D eigenvalue weighted by molar-refractivity contribution is 14.1. The van der Waals surface area contributed by atoms with Crippen LogP contribution in [-0.4, -0.2) is 5.91 Å². The number of anilines is 1. The normalized spacial score (nSPS) is 10.2. The molecule has 0 saturated carbocycles. The van der Waals surface area contributed by atoms with E-state index in [4.69, 9.17) is 0 Å². The van der Waals surface area contributed by atoms with Crippen LogP contribution in [0.15, 0.2) is 42.5 Å². The summed E-state index contributed by atoms with van der Waals surface area (Å²) < 4.78 is 1.12. The third-order valence-electron chi connectivity index (χ3n) is 2.87. The van der Waals surface area contributed by atoms with Gasteiger partial charge in [0.05, 0.1) is 0 Å². The summed E-state index contributed by atoms with van der Waals surface area (Å²) in [6, 6.07) is 13.4. The molecule has 0 spiro atoms. The van der Waals surface area contributed by atoms with Crippen LogP contribution in [0.25, 0.3) is 0 Å². The number of hydrogen-bond acceptors (Lipinski definition) is 1. The first-order chi connectivity index (χ1) is 8.56. The predicted molar refractivity (Wildman–Crippen MR) is 83.0 cm³/mol. The quantitative estimate of drug-likeness (QED) is 0.809. The van der Waals surface area contributed by atoms with E-state index in [1.54, 1.807) is 0 Å². The minimum Gasteiger partial charge on any atom is -0.322 e. The molecule has 2 nitrogen and oxygen atoms in total. The van der Waals surface area contributed by atoms with Gasteiger partial charge in [0.25, 0.3) is 5.91 Å². The molecule has 92 valence electrons. The molecule has 18 heavy (non-hydrogen) atoms. The van der Waals surface area contributed by atoms with Crippen molar-refractivity contribution >= 4 is 34.2 Å². The molecule has 0 aromatic heterocycles. The maximum Gasteiger partial charge on any atom is 0.255 e. The standard InChI is InChI=1S/C15H14INO/c1-10-3-8-14(9-11(10)2)17-15(18)12-4-6-13(16)7-5-12/h3-9H,1-2H3,(H,17,18). The van der Waals surface area contributed by atoms with Gasteiger partial charge in [0, 0.05) is 14.8 Å². The Morgan fingerprint density at radius 2 is 1.67 bits per heavy atom. The molecule has 0 atom stereocenters. The second-order valence-corrected chi connectivity index (χ2v) is 5.51. The molecule has 0 radical (unpaired) electrons. The van der Waals surface area contributed by atoms with E-state index in [0.717, 1.165) is 9.26 Å². The van der Waals surface area contributed by atoms with Crippen molar-refractivity contribution in [3.63, 3.8) is 0 Å². The molecule has 3 heteroatoms. The summed E-state index contributed by atoms with van der Waals surface area (Å²) in [5.41, 5.74) is 3.91. The lowest BCUT2D eigenvalue weighted by molar-refractivity contribution is 0.102. The lowest BCUT2D eigenvalue weighted by Crippen LogP contribution is -2.11. The van der Waals surface area contributed by atoms with Gasteiger partial charge in [-0.25, -0.2) is 0 Å². The molecule has 1 N–H and O–H groups in total. The van der Waals surface area contributed by atoms with Gasteiger partial charge in [0.2, 0.25) is 0 Å². The predicted octanol–water partition coefficient (Wildman–Crippen LogP) is 4.16. The van der Waals surface area contributed by atoms with Crippen molar-refractivity contribution < 1.29 is 4.79 Å². The molecule has 2 aromatic carbocycles.